The van der Waals surface area contributed by atoms with Gasteiger partial charge in [-0.2, -0.15) is 0 Å². The lowest BCUT2D eigenvalue weighted by molar-refractivity contribution is -0.145. The smallest absolute Gasteiger partial charge is 0.330 e. The van der Waals surface area contributed by atoms with E-state index in [1.807, 2.05) is 0 Å². The molecule has 2 nitrogen and oxygen atoms in total. The Morgan fingerprint density at radius 2 is 2.13 bits per heavy atom. The Kier molecular flexibility index (Phi) is 1.98. The molecule has 0 radical (unpaired) electrons. The summed E-state index contributed by atoms with van der Waals surface area (Å²) in [6, 6.07) is 0. The van der Waals surface area contributed by atoms with Crippen molar-refractivity contribution in [2.75, 3.05) is 0 Å². The predicted molar refractivity (Wildman–Crippen MR) is 57.0 cm³/mol. The quantitative estimate of drug-likeness (QED) is 0.392. The minimum atomic E-state index is -0.257. The summed E-state index contributed by atoms with van der Waals surface area (Å²) in [4.78, 5) is 11.2. The Hall–Kier alpha value is -1.05. The molecule has 0 spiro atoms. The van der Waals surface area contributed by atoms with Gasteiger partial charge in [-0.1, -0.05) is 18.7 Å². The Balaban J connectivity index is 1.75. The highest BCUT2D eigenvalue weighted by Gasteiger charge is 2.52. The van der Waals surface area contributed by atoms with Crippen molar-refractivity contribution in [3.8, 4) is 0 Å². The molecule has 2 heteroatoms. The van der Waals surface area contributed by atoms with Gasteiger partial charge in [-0.05, 0) is 37.0 Å². The van der Waals surface area contributed by atoms with Gasteiger partial charge in [-0.25, -0.2) is 4.79 Å². The third-order valence-electron chi connectivity index (χ3n) is 4.34. The van der Waals surface area contributed by atoms with Gasteiger partial charge in [-0.3, -0.25) is 0 Å². The zero-order valence-corrected chi connectivity index (χ0v) is 8.76. The van der Waals surface area contributed by atoms with E-state index in [-0.39, 0.29) is 12.1 Å². The molecule has 0 saturated heterocycles. The van der Waals surface area contributed by atoms with Gasteiger partial charge < -0.3 is 4.74 Å². The molecule has 0 amide bonds. The van der Waals surface area contributed by atoms with E-state index in [2.05, 4.69) is 18.7 Å². The van der Waals surface area contributed by atoms with Crippen molar-refractivity contribution in [3.63, 3.8) is 0 Å². The van der Waals surface area contributed by atoms with Crippen LogP contribution in [0, 0.1) is 23.7 Å². The van der Waals surface area contributed by atoms with Crippen LogP contribution in [0.4, 0.5) is 0 Å². The first kappa shape index (κ1) is 9.20. The van der Waals surface area contributed by atoms with Crippen molar-refractivity contribution in [1.29, 1.82) is 0 Å². The SMILES string of the molecule is C=CC(=O)OC1CCC2C3C=CC(C3)C12. The lowest BCUT2D eigenvalue weighted by Crippen LogP contribution is -2.27. The van der Waals surface area contributed by atoms with Gasteiger partial charge in [-0.15, -0.1) is 0 Å². The van der Waals surface area contributed by atoms with Crippen LogP contribution in [-0.4, -0.2) is 12.1 Å². The van der Waals surface area contributed by atoms with Crippen molar-refractivity contribution in [1.82, 2.24) is 0 Å². The maximum absolute atomic E-state index is 11.2. The van der Waals surface area contributed by atoms with Crippen LogP contribution in [0.2, 0.25) is 0 Å². The summed E-state index contributed by atoms with van der Waals surface area (Å²) in [6.07, 6.45) is 9.68. The molecule has 3 rings (SSSR count). The highest BCUT2D eigenvalue weighted by Crippen LogP contribution is 2.56. The first-order valence-corrected chi connectivity index (χ1v) is 5.81. The predicted octanol–water partition coefficient (Wildman–Crippen LogP) is 2.32. The van der Waals surface area contributed by atoms with Gasteiger partial charge in [0.25, 0.3) is 0 Å². The number of esters is 1. The van der Waals surface area contributed by atoms with E-state index >= 15 is 0 Å². The number of allylic oxidation sites excluding steroid dienone is 2. The molecule has 2 bridgehead atoms. The highest BCUT2D eigenvalue weighted by molar-refractivity contribution is 5.81. The molecule has 3 aliphatic carbocycles. The van der Waals surface area contributed by atoms with E-state index in [9.17, 15) is 4.79 Å². The zero-order chi connectivity index (χ0) is 10.4. The first-order chi connectivity index (χ1) is 7.29. The van der Waals surface area contributed by atoms with Crippen molar-refractivity contribution < 1.29 is 9.53 Å². The number of carbonyl (C=O) groups is 1. The molecule has 15 heavy (non-hydrogen) atoms. The zero-order valence-electron chi connectivity index (χ0n) is 8.76. The van der Waals surface area contributed by atoms with Crippen LogP contribution >= 0.6 is 0 Å². The summed E-state index contributed by atoms with van der Waals surface area (Å²) < 4.78 is 5.44. The summed E-state index contributed by atoms with van der Waals surface area (Å²) in [5.41, 5.74) is 0. The average Bonchev–Trinajstić information content (AvgIpc) is 2.89. The maximum atomic E-state index is 11.2. The van der Waals surface area contributed by atoms with Crippen LogP contribution < -0.4 is 0 Å². The van der Waals surface area contributed by atoms with Gasteiger partial charge >= 0.3 is 5.97 Å². The van der Waals surface area contributed by atoms with Crippen LogP contribution in [0.5, 0.6) is 0 Å². The van der Waals surface area contributed by atoms with Gasteiger partial charge in [0.2, 0.25) is 0 Å². The second-order valence-electron chi connectivity index (χ2n) is 4.95. The maximum Gasteiger partial charge on any atom is 0.330 e. The van der Waals surface area contributed by atoms with Crippen LogP contribution in [0.25, 0.3) is 0 Å². The normalized spacial score (nSPS) is 45.5. The molecular formula is C13H16O2. The Bertz CT molecular complexity index is 331. The van der Waals surface area contributed by atoms with Gasteiger partial charge in [0.15, 0.2) is 0 Å². The highest BCUT2D eigenvalue weighted by atomic mass is 16.5. The summed E-state index contributed by atoms with van der Waals surface area (Å²) in [6.45, 7) is 3.45. The van der Waals surface area contributed by atoms with Gasteiger partial charge in [0.1, 0.15) is 6.10 Å². The average molecular weight is 204 g/mol. The lowest BCUT2D eigenvalue weighted by Gasteiger charge is -2.25. The van der Waals surface area contributed by atoms with Crippen molar-refractivity contribution in [2.24, 2.45) is 23.7 Å². The Morgan fingerprint density at radius 1 is 1.33 bits per heavy atom. The molecule has 0 aromatic heterocycles. The van der Waals surface area contributed by atoms with Crippen LogP contribution in [0.15, 0.2) is 24.8 Å². The van der Waals surface area contributed by atoms with Crippen molar-refractivity contribution >= 4 is 5.97 Å². The van der Waals surface area contributed by atoms with E-state index in [1.54, 1.807) is 0 Å². The number of carbonyl (C=O) groups excluding carboxylic acids is 1. The minimum Gasteiger partial charge on any atom is -0.459 e. The molecule has 0 heterocycles. The van der Waals surface area contributed by atoms with E-state index < -0.39 is 0 Å². The molecule has 0 aliphatic heterocycles. The fourth-order valence-electron chi connectivity index (χ4n) is 3.80. The van der Waals surface area contributed by atoms with E-state index in [0.29, 0.717) is 11.8 Å². The van der Waals surface area contributed by atoms with E-state index in [1.165, 1.54) is 18.9 Å². The Labute approximate surface area is 90.0 Å². The Morgan fingerprint density at radius 3 is 2.93 bits per heavy atom. The third-order valence-corrected chi connectivity index (χ3v) is 4.34. The summed E-state index contributed by atoms with van der Waals surface area (Å²) >= 11 is 0. The molecule has 0 aromatic rings. The van der Waals surface area contributed by atoms with Crippen molar-refractivity contribution in [2.45, 2.75) is 25.4 Å². The topological polar surface area (TPSA) is 26.3 Å². The fourth-order valence-corrected chi connectivity index (χ4v) is 3.80. The van der Waals surface area contributed by atoms with E-state index in [4.69, 9.17) is 4.74 Å². The monoisotopic (exact) mass is 204 g/mol. The molecule has 2 fully saturated rings. The van der Waals surface area contributed by atoms with E-state index in [0.717, 1.165) is 18.3 Å². The number of hydrogen-bond donors (Lipinski definition) is 0. The summed E-state index contributed by atoms with van der Waals surface area (Å²) in [5, 5.41) is 0. The standard InChI is InChI=1S/C13H16O2/c1-2-12(14)15-11-6-5-10-8-3-4-9(7-8)13(10)11/h2-4,8-11,13H,1,5-7H2. The third kappa shape index (κ3) is 1.27. The van der Waals surface area contributed by atoms with Gasteiger partial charge in [0.05, 0.1) is 0 Å². The molecule has 80 valence electrons. The molecule has 0 N–H and O–H groups in total. The number of ether oxygens (including phenoxy) is 1. The number of rotatable bonds is 2. The first-order valence-electron chi connectivity index (χ1n) is 5.81. The summed E-state index contributed by atoms with van der Waals surface area (Å²) in [7, 11) is 0. The molecule has 2 saturated carbocycles. The minimum absolute atomic E-state index is 0.153. The molecular weight excluding hydrogens is 188 g/mol. The number of fused-ring (bicyclic) bond motifs is 5. The largest absolute Gasteiger partial charge is 0.459 e. The summed E-state index contributed by atoms with van der Waals surface area (Å²) in [5.74, 6) is 2.57. The number of hydrogen-bond acceptors (Lipinski definition) is 2. The van der Waals surface area contributed by atoms with Crippen LogP contribution in [-0.2, 0) is 9.53 Å². The molecule has 5 atom stereocenters. The van der Waals surface area contributed by atoms with Crippen LogP contribution in [0.3, 0.4) is 0 Å². The lowest BCUT2D eigenvalue weighted by atomic mass is 9.85. The van der Waals surface area contributed by atoms with Gasteiger partial charge in [0, 0.05) is 12.0 Å². The second-order valence-corrected chi connectivity index (χ2v) is 4.95. The van der Waals surface area contributed by atoms with Crippen molar-refractivity contribution in [3.05, 3.63) is 24.8 Å². The molecule has 5 unspecified atom stereocenters. The molecule has 0 aromatic carbocycles. The second kappa shape index (κ2) is 3.22. The van der Waals surface area contributed by atoms with Crippen LogP contribution in [0.1, 0.15) is 19.3 Å². The fraction of sp³-hybridized carbons (Fsp3) is 0.615. The molecule has 3 aliphatic rings.